The highest BCUT2D eigenvalue weighted by molar-refractivity contribution is 14.1. The second-order valence-corrected chi connectivity index (χ2v) is 12.9. The quantitative estimate of drug-likeness (QED) is 0.126. The van der Waals surface area contributed by atoms with Gasteiger partial charge in [0.1, 0.15) is 18.4 Å². The fourth-order valence-corrected chi connectivity index (χ4v) is 7.43. The van der Waals surface area contributed by atoms with E-state index in [1.807, 2.05) is 72.8 Å². The van der Waals surface area contributed by atoms with Gasteiger partial charge < -0.3 is 18.9 Å². The van der Waals surface area contributed by atoms with Gasteiger partial charge in [-0.15, -0.1) is 0 Å². The van der Waals surface area contributed by atoms with E-state index in [0.29, 0.717) is 49.0 Å². The van der Waals surface area contributed by atoms with Crippen LogP contribution in [0.15, 0.2) is 106 Å². The van der Waals surface area contributed by atoms with E-state index in [4.69, 9.17) is 23.9 Å². The van der Waals surface area contributed by atoms with Crippen LogP contribution in [0.5, 0.6) is 17.2 Å². The second-order valence-electron chi connectivity index (χ2n) is 10.8. The van der Waals surface area contributed by atoms with Gasteiger partial charge in [-0.05, 0) is 65.4 Å². The monoisotopic (exact) mass is 783 g/mol. The molecule has 0 fully saturated rings. The van der Waals surface area contributed by atoms with Crippen molar-refractivity contribution in [3.05, 3.63) is 148 Å². The first-order valence-corrected chi connectivity index (χ1v) is 17.2. The van der Waals surface area contributed by atoms with Crippen molar-refractivity contribution >= 4 is 51.7 Å². The van der Waals surface area contributed by atoms with Crippen LogP contribution in [0.4, 0.5) is 0 Å². The third-order valence-electron chi connectivity index (χ3n) is 7.87. The molecule has 0 amide bonds. The van der Waals surface area contributed by atoms with Crippen LogP contribution in [-0.4, -0.2) is 31.4 Å². The zero-order valence-electron chi connectivity index (χ0n) is 26.8. The molecule has 1 aromatic heterocycles. The average Bonchev–Trinajstić information content (AvgIpc) is 3.44. The molecule has 6 rings (SSSR count). The van der Waals surface area contributed by atoms with E-state index in [1.165, 1.54) is 11.3 Å². The first kappa shape index (κ1) is 33.7. The zero-order valence-corrected chi connectivity index (χ0v) is 29.8. The molecule has 49 heavy (non-hydrogen) atoms. The maximum absolute atomic E-state index is 14.4. The number of esters is 1. The maximum atomic E-state index is 14.4. The van der Waals surface area contributed by atoms with Gasteiger partial charge in [0.25, 0.3) is 5.56 Å². The third-order valence-corrected chi connectivity index (χ3v) is 9.65. The lowest BCUT2D eigenvalue weighted by molar-refractivity contribution is -0.138. The summed E-state index contributed by atoms with van der Waals surface area (Å²) in [7, 11) is 3.10. The Hall–Kier alpha value is -5.19. The molecule has 4 aromatic carbocycles. The van der Waals surface area contributed by atoms with Crippen LogP contribution in [0.1, 0.15) is 40.8 Å². The number of halogens is 1. The lowest BCUT2D eigenvalue weighted by Crippen LogP contribution is -2.40. The molecule has 0 aliphatic carbocycles. The highest BCUT2D eigenvalue weighted by Gasteiger charge is 2.36. The second kappa shape index (κ2) is 14.9. The van der Waals surface area contributed by atoms with Crippen LogP contribution in [-0.2, 0) is 16.1 Å². The molecule has 0 saturated heterocycles. The number of para-hydroxylation sites is 1. The summed E-state index contributed by atoms with van der Waals surface area (Å²) in [5.74, 6) is 0.952. The number of nitrogens with zero attached hydrogens (tertiary/aromatic N) is 3. The van der Waals surface area contributed by atoms with Crippen LogP contribution < -0.4 is 29.1 Å². The minimum Gasteiger partial charge on any atom is -0.496 e. The molecule has 0 N–H and O–H groups in total. The molecule has 1 atom stereocenters. The Morgan fingerprint density at radius 2 is 1.71 bits per heavy atom. The minimum absolute atomic E-state index is 0.151. The summed E-state index contributed by atoms with van der Waals surface area (Å²) >= 11 is 3.39. The number of hydrogen-bond donors (Lipinski definition) is 0. The molecule has 5 aromatic rings. The van der Waals surface area contributed by atoms with Crippen molar-refractivity contribution < 1.29 is 23.7 Å². The molecular formula is C38H30IN3O6S. The van der Waals surface area contributed by atoms with Gasteiger partial charge in [-0.1, -0.05) is 78.1 Å². The molecule has 11 heteroatoms. The number of thiazole rings is 1. The van der Waals surface area contributed by atoms with Gasteiger partial charge in [-0.25, -0.2) is 9.79 Å². The summed E-state index contributed by atoms with van der Waals surface area (Å²) in [5, 5.41) is 9.48. The van der Waals surface area contributed by atoms with Gasteiger partial charge in [-0.2, -0.15) is 5.26 Å². The molecule has 1 aliphatic heterocycles. The SMILES string of the molecule is CCOC(=O)C1=C(c2ccccc2)N=c2sc(=Cc3cc(I)c(OCc4ccccc4C#N)c(OC)c3)c(=O)n2[C@@H]1c1ccccc1OC. The number of carbonyl (C=O) groups is 1. The summed E-state index contributed by atoms with van der Waals surface area (Å²) < 4.78 is 25.8. The van der Waals surface area contributed by atoms with Gasteiger partial charge in [0.15, 0.2) is 16.3 Å². The molecule has 9 nitrogen and oxygen atoms in total. The number of rotatable bonds is 10. The topological polar surface area (TPSA) is 112 Å². The number of nitriles is 1. The number of carbonyl (C=O) groups excluding carboxylic acids is 1. The largest absolute Gasteiger partial charge is 0.496 e. The number of ether oxygens (including phenoxy) is 4. The highest BCUT2D eigenvalue weighted by Crippen LogP contribution is 2.39. The summed E-state index contributed by atoms with van der Waals surface area (Å²) in [6, 6.07) is 29.0. The van der Waals surface area contributed by atoms with Gasteiger partial charge >= 0.3 is 5.97 Å². The van der Waals surface area contributed by atoms with Crippen LogP contribution in [0, 0.1) is 14.9 Å². The van der Waals surface area contributed by atoms with Crippen molar-refractivity contribution in [2.45, 2.75) is 19.6 Å². The summed E-state index contributed by atoms with van der Waals surface area (Å²) in [6.45, 7) is 2.08. The van der Waals surface area contributed by atoms with Crippen LogP contribution in [0.25, 0.3) is 11.8 Å². The fraction of sp³-hybridized carbons (Fsp3) is 0.158. The molecule has 1 aliphatic rings. The lowest BCUT2D eigenvalue weighted by atomic mass is 9.92. The number of fused-ring (bicyclic) bond motifs is 1. The number of methoxy groups -OCH3 is 2. The number of benzene rings is 4. The Morgan fingerprint density at radius 1 is 1.00 bits per heavy atom. The fourth-order valence-electron chi connectivity index (χ4n) is 5.65. The molecule has 0 radical (unpaired) electrons. The van der Waals surface area contributed by atoms with E-state index in [-0.39, 0.29) is 24.3 Å². The van der Waals surface area contributed by atoms with Gasteiger partial charge in [0.05, 0.1) is 51.8 Å². The standard InChI is InChI=1S/C38H30IN3O6S/c1-4-47-37(44)32-33(24-12-6-5-7-13-24)41-38-42(34(32)27-16-10-11-17-29(27)45-2)36(43)31(49-38)20-23-18-28(39)35(30(19-23)46-3)48-22-26-15-9-8-14-25(26)21-40/h5-20,34H,4,22H2,1-3H3/t34-/m1/s1. The molecule has 2 heterocycles. The Morgan fingerprint density at radius 3 is 2.45 bits per heavy atom. The first-order chi connectivity index (χ1) is 23.9. The predicted octanol–water partition coefficient (Wildman–Crippen LogP) is 6.01. The highest BCUT2D eigenvalue weighted by atomic mass is 127. The summed E-state index contributed by atoms with van der Waals surface area (Å²) in [6.07, 6.45) is 1.78. The van der Waals surface area contributed by atoms with E-state index in [9.17, 15) is 14.9 Å². The zero-order chi connectivity index (χ0) is 34.5. The Labute approximate surface area is 300 Å². The van der Waals surface area contributed by atoms with Crippen molar-refractivity contribution in [1.82, 2.24) is 4.57 Å². The lowest BCUT2D eigenvalue weighted by Gasteiger charge is -2.27. The first-order valence-electron chi connectivity index (χ1n) is 15.3. The minimum atomic E-state index is -0.870. The van der Waals surface area contributed by atoms with E-state index < -0.39 is 12.0 Å². The van der Waals surface area contributed by atoms with Crippen LogP contribution in [0.2, 0.25) is 0 Å². The Bertz CT molecular complexity index is 2310. The van der Waals surface area contributed by atoms with Crippen molar-refractivity contribution in [1.29, 1.82) is 5.26 Å². The smallest absolute Gasteiger partial charge is 0.338 e. The maximum Gasteiger partial charge on any atom is 0.338 e. The van der Waals surface area contributed by atoms with E-state index in [2.05, 4.69) is 28.7 Å². The molecule has 0 unspecified atom stereocenters. The Kier molecular flexibility index (Phi) is 10.3. The van der Waals surface area contributed by atoms with Crippen LogP contribution >= 0.6 is 33.9 Å². The van der Waals surface area contributed by atoms with Gasteiger partial charge in [0, 0.05) is 16.7 Å². The third kappa shape index (κ3) is 6.75. The van der Waals surface area contributed by atoms with Crippen molar-refractivity contribution in [2.75, 3.05) is 20.8 Å². The van der Waals surface area contributed by atoms with E-state index in [1.54, 1.807) is 50.0 Å². The molecule has 0 bridgehead atoms. The van der Waals surface area contributed by atoms with Gasteiger partial charge in [-0.3, -0.25) is 9.36 Å². The van der Waals surface area contributed by atoms with E-state index in [0.717, 1.165) is 14.7 Å². The molecule has 0 spiro atoms. The number of aromatic nitrogens is 1. The van der Waals surface area contributed by atoms with Gasteiger partial charge in [0.2, 0.25) is 0 Å². The van der Waals surface area contributed by atoms with E-state index >= 15 is 0 Å². The van der Waals surface area contributed by atoms with Crippen molar-refractivity contribution in [3.63, 3.8) is 0 Å². The average molecular weight is 784 g/mol. The predicted molar refractivity (Wildman–Crippen MR) is 195 cm³/mol. The van der Waals surface area contributed by atoms with Crippen LogP contribution in [0.3, 0.4) is 0 Å². The van der Waals surface area contributed by atoms with Crippen molar-refractivity contribution in [2.24, 2.45) is 4.99 Å². The summed E-state index contributed by atoms with van der Waals surface area (Å²) in [5.41, 5.74) is 3.70. The molecule has 0 saturated carbocycles. The Balaban J connectivity index is 1.51. The normalized spacial score (nSPS) is 14.0. The molecular weight excluding hydrogens is 753 g/mol. The summed E-state index contributed by atoms with van der Waals surface area (Å²) in [4.78, 5) is 33.5. The molecule has 246 valence electrons. The number of hydrogen-bond acceptors (Lipinski definition) is 9. The van der Waals surface area contributed by atoms with Crippen molar-refractivity contribution in [3.8, 4) is 23.3 Å².